The normalized spacial score (nSPS) is 11.2. The minimum absolute atomic E-state index is 0.143. The number of hydrogen-bond donors (Lipinski definition) is 0. The molecule has 0 atom stereocenters. The minimum atomic E-state index is -0.219. The van der Waals surface area contributed by atoms with Gasteiger partial charge < -0.3 is 23.4 Å². The summed E-state index contributed by atoms with van der Waals surface area (Å²) in [5.74, 6) is 1.84. The van der Waals surface area contributed by atoms with Gasteiger partial charge in [0.05, 0.1) is 19.6 Å². The van der Waals surface area contributed by atoms with Crippen molar-refractivity contribution < 1.29 is 23.4 Å². The summed E-state index contributed by atoms with van der Waals surface area (Å²) >= 11 is 0. The number of rotatable bonds is 26. The van der Waals surface area contributed by atoms with Gasteiger partial charge in [-0.1, -0.05) is 170 Å². The number of benzene rings is 4. The molecule has 0 saturated heterocycles. The lowest BCUT2D eigenvalue weighted by Gasteiger charge is -2.17. The fourth-order valence-corrected chi connectivity index (χ4v) is 7.19. The number of ether oxygens (including phenoxy) is 4. The summed E-state index contributed by atoms with van der Waals surface area (Å²) < 4.78 is 30.7. The Labute approximate surface area is 329 Å². The van der Waals surface area contributed by atoms with E-state index in [0.29, 0.717) is 46.1 Å². The standard InChI is InChI=1S/C49H62O6/c1-4-5-6-7-8-9-10-11-12-13-14-15-16-17-18-21-26-38-31-32-42-43(33-38)55-47(49(46(42)50)54-37-40-29-24-20-25-30-40)41-34-44(51-2)48(45(35-41)52-3)53-36-39-27-22-19-23-28-39/h19-20,22-25,27-35H,4-18,21,26,36-37H2,1-3H3. The van der Waals surface area contributed by atoms with Crippen molar-refractivity contribution in [2.24, 2.45) is 0 Å². The first-order valence-electron chi connectivity index (χ1n) is 20.8. The molecule has 0 amide bonds. The lowest BCUT2D eigenvalue weighted by atomic mass is 10.0. The van der Waals surface area contributed by atoms with E-state index in [-0.39, 0.29) is 17.8 Å². The third-order valence-electron chi connectivity index (χ3n) is 10.4. The second-order valence-corrected chi connectivity index (χ2v) is 14.7. The van der Waals surface area contributed by atoms with E-state index >= 15 is 0 Å². The molecule has 1 heterocycles. The van der Waals surface area contributed by atoms with E-state index < -0.39 is 0 Å². The van der Waals surface area contributed by atoms with Crippen molar-refractivity contribution in [1.82, 2.24) is 0 Å². The smallest absolute Gasteiger partial charge is 0.235 e. The Kier molecular flexibility index (Phi) is 17.5. The highest BCUT2D eigenvalue weighted by Crippen LogP contribution is 2.44. The molecule has 0 aliphatic heterocycles. The molecule has 0 bridgehead atoms. The van der Waals surface area contributed by atoms with E-state index in [1.807, 2.05) is 84.9 Å². The molecule has 5 rings (SSSR count). The average molecular weight is 747 g/mol. The van der Waals surface area contributed by atoms with Crippen molar-refractivity contribution in [2.75, 3.05) is 14.2 Å². The molecule has 294 valence electrons. The van der Waals surface area contributed by atoms with Crippen molar-refractivity contribution >= 4 is 11.0 Å². The van der Waals surface area contributed by atoms with Gasteiger partial charge in [-0.05, 0) is 53.8 Å². The Morgan fingerprint density at radius 3 is 1.47 bits per heavy atom. The first-order chi connectivity index (χ1) is 27.1. The van der Waals surface area contributed by atoms with Crippen LogP contribution in [0, 0.1) is 0 Å². The number of hydrogen-bond acceptors (Lipinski definition) is 6. The quantitative estimate of drug-likeness (QED) is 0.0525. The van der Waals surface area contributed by atoms with Gasteiger partial charge >= 0.3 is 0 Å². The van der Waals surface area contributed by atoms with Crippen LogP contribution in [0.1, 0.15) is 126 Å². The van der Waals surface area contributed by atoms with Crippen molar-refractivity contribution in [3.8, 4) is 34.3 Å². The molecule has 6 heteroatoms. The molecule has 0 aliphatic carbocycles. The largest absolute Gasteiger partial charge is 0.493 e. The monoisotopic (exact) mass is 746 g/mol. The summed E-state index contributed by atoms with van der Waals surface area (Å²) in [6.07, 6.45) is 22.5. The number of aryl methyl sites for hydroxylation is 1. The van der Waals surface area contributed by atoms with Crippen LogP contribution in [0.25, 0.3) is 22.3 Å². The zero-order valence-corrected chi connectivity index (χ0v) is 33.5. The maximum absolute atomic E-state index is 14.1. The van der Waals surface area contributed by atoms with Crippen LogP contribution in [0.5, 0.6) is 23.0 Å². The predicted molar refractivity (Wildman–Crippen MR) is 226 cm³/mol. The molecule has 0 unspecified atom stereocenters. The topological polar surface area (TPSA) is 67.1 Å². The van der Waals surface area contributed by atoms with Gasteiger partial charge in [0.1, 0.15) is 18.8 Å². The first-order valence-corrected chi connectivity index (χ1v) is 20.8. The molecule has 0 radical (unpaired) electrons. The molecular formula is C49H62O6. The SMILES string of the molecule is CCCCCCCCCCCCCCCCCCc1ccc2c(=O)c(OCc3ccccc3)c(-c3cc(OC)c(OCc4ccccc4)c(OC)c3)oc2c1. The van der Waals surface area contributed by atoms with Gasteiger partial charge in [0.25, 0.3) is 0 Å². The van der Waals surface area contributed by atoms with Gasteiger partial charge in [0, 0.05) is 5.56 Å². The van der Waals surface area contributed by atoms with Crippen molar-refractivity contribution in [3.63, 3.8) is 0 Å². The molecule has 6 nitrogen and oxygen atoms in total. The molecule has 0 fully saturated rings. The van der Waals surface area contributed by atoms with Crippen LogP contribution < -0.4 is 24.4 Å². The third kappa shape index (κ3) is 12.9. The average Bonchev–Trinajstić information content (AvgIpc) is 3.22. The summed E-state index contributed by atoms with van der Waals surface area (Å²) in [6, 6.07) is 29.3. The van der Waals surface area contributed by atoms with Gasteiger partial charge in [0.15, 0.2) is 17.3 Å². The molecule has 55 heavy (non-hydrogen) atoms. The lowest BCUT2D eigenvalue weighted by molar-refractivity contribution is 0.266. The highest BCUT2D eigenvalue weighted by atomic mass is 16.5. The molecule has 0 saturated carbocycles. The Hall–Kier alpha value is -4.71. The van der Waals surface area contributed by atoms with Crippen molar-refractivity contribution in [2.45, 2.75) is 129 Å². The Morgan fingerprint density at radius 2 is 0.982 bits per heavy atom. The van der Waals surface area contributed by atoms with E-state index in [9.17, 15) is 4.79 Å². The van der Waals surface area contributed by atoms with E-state index in [1.54, 1.807) is 14.2 Å². The Balaban J connectivity index is 1.23. The highest BCUT2D eigenvalue weighted by Gasteiger charge is 2.23. The van der Waals surface area contributed by atoms with Crippen LogP contribution in [0.15, 0.2) is 100 Å². The Bertz CT molecular complexity index is 1870. The molecule has 0 spiro atoms. The maximum Gasteiger partial charge on any atom is 0.235 e. The zero-order chi connectivity index (χ0) is 38.5. The molecule has 1 aromatic heterocycles. The van der Waals surface area contributed by atoms with Crippen LogP contribution in [0.3, 0.4) is 0 Å². The second kappa shape index (κ2) is 23.3. The fourth-order valence-electron chi connectivity index (χ4n) is 7.19. The van der Waals surface area contributed by atoms with Crippen LogP contribution in [-0.2, 0) is 19.6 Å². The Morgan fingerprint density at radius 1 is 0.509 bits per heavy atom. The van der Waals surface area contributed by atoms with Crippen molar-refractivity contribution in [1.29, 1.82) is 0 Å². The number of methoxy groups -OCH3 is 2. The van der Waals surface area contributed by atoms with Gasteiger partial charge in [-0.3, -0.25) is 4.79 Å². The van der Waals surface area contributed by atoms with Gasteiger partial charge in [0.2, 0.25) is 16.9 Å². The third-order valence-corrected chi connectivity index (χ3v) is 10.4. The molecule has 0 aliphatic rings. The summed E-state index contributed by atoms with van der Waals surface area (Å²) in [5, 5.41) is 0.490. The predicted octanol–water partition coefficient (Wildman–Crippen LogP) is 13.4. The molecular weight excluding hydrogens is 685 g/mol. The van der Waals surface area contributed by atoms with Gasteiger partial charge in [-0.25, -0.2) is 0 Å². The van der Waals surface area contributed by atoms with E-state index in [1.165, 1.54) is 96.3 Å². The maximum atomic E-state index is 14.1. The van der Waals surface area contributed by atoms with Gasteiger partial charge in [-0.2, -0.15) is 0 Å². The molecule has 5 aromatic rings. The van der Waals surface area contributed by atoms with Gasteiger partial charge in [-0.15, -0.1) is 0 Å². The number of fused-ring (bicyclic) bond motifs is 1. The molecule has 0 N–H and O–H groups in total. The minimum Gasteiger partial charge on any atom is -0.493 e. The van der Waals surface area contributed by atoms with E-state index in [4.69, 9.17) is 23.4 Å². The highest BCUT2D eigenvalue weighted by molar-refractivity contribution is 5.83. The van der Waals surface area contributed by atoms with E-state index in [0.717, 1.165) is 29.5 Å². The van der Waals surface area contributed by atoms with Crippen LogP contribution in [0.2, 0.25) is 0 Å². The summed E-state index contributed by atoms with van der Waals surface area (Å²) in [4.78, 5) is 14.1. The molecule has 4 aromatic carbocycles. The fraction of sp³-hybridized carbons (Fsp3) is 0.449. The lowest BCUT2D eigenvalue weighted by Crippen LogP contribution is -2.10. The first kappa shape index (κ1) is 41.5. The van der Waals surface area contributed by atoms with E-state index in [2.05, 4.69) is 13.0 Å². The number of unbranched alkanes of at least 4 members (excludes halogenated alkanes) is 15. The summed E-state index contributed by atoms with van der Waals surface area (Å²) in [7, 11) is 3.17. The van der Waals surface area contributed by atoms with Crippen LogP contribution in [-0.4, -0.2) is 14.2 Å². The van der Waals surface area contributed by atoms with Crippen molar-refractivity contribution in [3.05, 3.63) is 118 Å². The van der Waals surface area contributed by atoms with Crippen LogP contribution >= 0.6 is 0 Å². The zero-order valence-electron chi connectivity index (χ0n) is 33.5. The van der Waals surface area contributed by atoms with Crippen LogP contribution in [0.4, 0.5) is 0 Å². The summed E-state index contributed by atoms with van der Waals surface area (Å²) in [6.45, 7) is 2.84. The second-order valence-electron chi connectivity index (χ2n) is 14.7. The summed E-state index contributed by atoms with van der Waals surface area (Å²) in [5.41, 5.74) is 4.02.